The van der Waals surface area contributed by atoms with Gasteiger partial charge in [0.2, 0.25) is 0 Å². The molecule has 4 rings (SSSR count). The molecule has 1 aliphatic heterocycles. The van der Waals surface area contributed by atoms with Crippen LogP contribution < -0.4 is 5.32 Å². The second-order valence-electron chi connectivity index (χ2n) is 9.26. The van der Waals surface area contributed by atoms with Gasteiger partial charge >= 0.3 is 0 Å². The van der Waals surface area contributed by atoms with Crippen molar-refractivity contribution in [2.75, 3.05) is 13.1 Å². The van der Waals surface area contributed by atoms with E-state index in [-0.39, 0.29) is 5.54 Å². The Kier molecular flexibility index (Phi) is 5.86. The molecule has 1 heterocycles. The third-order valence-corrected chi connectivity index (χ3v) is 5.86. The smallest absolute Gasteiger partial charge is 0.0805 e. The predicted molar refractivity (Wildman–Crippen MR) is 123 cm³/mol. The van der Waals surface area contributed by atoms with E-state index >= 15 is 0 Å². The number of hydrogen-bond acceptors (Lipinski definition) is 3. The molecule has 2 aromatic rings. The Labute approximate surface area is 175 Å². The Morgan fingerprint density at radius 3 is 2.41 bits per heavy atom. The minimum absolute atomic E-state index is 0.125. The fraction of sp³-hybridized carbons (Fsp3) is 0.423. The molecule has 2 unspecified atom stereocenters. The molecule has 3 heteroatoms. The van der Waals surface area contributed by atoms with Gasteiger partial charge in [-0.25, -0.2) is 0 Å². The fourth-order valence-electron chi connectivity index (χ4n) is 4.56. The molecule has 0 saturated heterocycles. The van der Waals surface area contributed by atoms with Crippen molar-refractivity contribution in [2.45, 2.75) is 51.6 Å². The van der Waals surface area contributed by atoms with Crippen molar-refractivity contribution in [3.05, 3.63) is 77.4 Å². The zero-order valence-electron chi connectivity index (χ0n) is 17.9. The van der Waals surface area contributed by atoms with Gasteiger partial charge in [0.1, 0.15) is 0 Å². The SMILES string of the molecule is CC(C)(C)NCCN1N=C2/C(=C\c3ccccc3)CCCC2C1c1ccccc1. The number of nitrogens with zero attached hydrogens (tertiary/aromatic N) is 2. The second kappa shape index (κ2) is 8.54. The van der Waals surface area contributed by atoms with Crippen LogP contribution in [0.5, 0.6) is 0 Å². The first kappa shape index (κ1) is 19.9. The zero-order chi connectivity index (χ0) is 20.3. The topological polar surface area (TPSA) is 27.6 Å². The lowest BCUT2D eigenvalue weighted by Gasteiger charge is -2.31. The van der Waals surface area contributed by atoms with E-state index in [1.165, 1.54) is 35.3 Å². The lowest BCUT2D eigenvalue weighted by Crippen LogP contribution is -2.41. The van der Waals surface area contributed by atoms with E-state index in [0.717, 1.165) is 19.5 Å². The number of hydrogen-bond donors (Lipinski definition) is 1. The summed E-state index contributed by atoms with van der Waals surface area (Å²) in [6.45, 7) is 8.53. The van der Waals surface area contributed by atoms with E-state index in [2.05, 4.69) is 97.8 Å². The Balaban J connectivity index is 1.63. The van der Waals surface area contributed by atoms with Crippen LogP contribution in [0, 0.1) is 5.92 Å². The van der Waals surface area contributed by atoms with Gasteiger partial charge in [-0.1, -0.05) is 60.7 Å². The first-order valence-electron chi connectivity index (χ1n) is 10.9. The van der Waals surface area contributed by atoms with Crippen LogP contribution in [0.15, 0.2) is 71.3 Å². The first-order valence-corrected chi connectivity index (χ1v) is 10.9. The monoisotopic (exact) mass is 387 g/mol. The summed E-state index contributed by atoms with van der Waals surface area (Å²) < 4.78 is 0. The maximum atomic E-state index is 5.21. The maximum absolute atomic E-state index is 5.21. The van der Waals surface area contributed by atoms with Crippen LogP contribution in [-0.4, -0.2) is 29.3 Å². The van der Waals surface area contributed by atoms with E-state index in [1.807, 2.05) is 0 Å². The normalized spacial score (nSPS) is 23.2. The van der Waals surface area contributed by atoms with Crippen molar-refractivity contribution in [2.24, 2.45) is 11.0 Å². The van der Waals surface area contributed by atoms with Gasteiger partial charge in [-0.05, 0) is 62.8 Å². The van der Waals surface area contributed by atoms with Crippen LogP contribution in [0.1, 0.15) is 57.2 Å². The molecule has 0 bridgehead atoms. The Morgan fingerprint density at radius 1 is 1.03 bits per heavy atom. The lowest BCUT2D eigenvalue weighted by atomic mass is 9.77. The molecule has 3 nitrogen and oxygen atoms in total. The summed E-state index contributed by atoms with van der Waals surface area (Å²) in [5.74, 6) is 0.482. The molecule has 2 aliphatic rings. The number of allylic oxidation sites excluding steroid dienone is 1. The summed E-state index contributed by atoms with van der Waals surface area (Å²) in [4.78, 5) is 0. The van der Waals surface area contributed by atoms with E-state index in [4.69, 9.17) is 5.10 Å². The lowest BCUT2D eigenvalue weighted by molar-refractivity contribution is 0.192. The average Bonchev–Trinajstić information content (AvgIpc) is 3.08. The highest BCUT2D eigenvalue weighted by Gasteiger charge is 2.40. The molecule has 0 radical (unpaired) electrons. The summed E-state index contributed by atoms with van der Waals surface area (Å²) in [6.07, 6.45) is 5.93. The molecular weight excluding hydrogens is 354 g/mol. The molecule has 0 amide bonds. The molecule has 2 aromatic carbocycles. The van der Waals surface area contributed by atoms with Crippen molar-refractivity contribution in [1.29, 1.82) is 0 Å². The summed E-state index contributed by atoms with van der Waals surface area (Å²) >= 11 is 0. The maximum Gasteiger partial charge on any atom is 0.0805 e. The molecule has 1 aliphatic carbocycles. The van der Waals surface area contributed by atoms with Gasteiger partial charge in [-0.3, -0.25) is 5.01 Å². The second-order valence-corrected chi connectivity index (χ2v) is 9.26. The van der Waals surface area contributed by atoms with Crippen LogP contribution >= 0.6 is 0 Å². The molecule has 29 heavy (non-hydrogen) atoms. The number of fused-ring (bicyclic) bond motifs is 1. The first-order chi connectivity index (χ1) is 14.0. The number of nitrogens with one attached hydrogen (secondary N) is 1. The Bertz CT molecular complexity index is 862. The molecule has 152 valence electrons. The highest BCUT2D eigenvalue weighted by molar-refractivity contribution is 6.07. The van der Waals surface area contributed by atoms with Gasteiger partial charge < -0.3 is 5.32 Å². The summed E-state index contributed by atoms with van der Waals surface area (Å²) in [5, 5.41) is 11.2. The number of benzene rings is 2. The predicted octanol–water partition coefficient (Wildman–Crippen LogP) is 5.67. The van der Waals surface area contributed by atoms with Crippen LogP contribution in [-0.2, 0) is 0 Å². The third-order valence-electron chi connectivity index (χ3n) is 5.86. The van der Waals surface area contributed by atoms with Crippen molar-refractivity contribution in [1.82, 2.24) is 10.3 Å². The number of rotatable bonds is 5. The summed E-state index contributed by atoms with van der Waals surface area (Å²) in [7, 11) is 0. The van der Waals surface area contributed by atoms with Crippen LogP contribution in [0.2, 0.25) is 0 Å². The van der Waals surface area contributed by atoms with Crippen molar-refractivity contribution in [3.63, 3.8) is 0 Å². The largest absolute Gasteiger partial charge is 0.310 e. The molecule has 1 saturated carbocycles. The van der Waals surface area contributed by atoms with E-state index in [1.54, 1.807) is 0 Å². The quantitative estimate of drug-likeness (QED) is 0.716. The minimum atomic E-state index is 0.125. The highest BCUT2D eigenvalue weighted by atomic mass is 15.5. The van der Waals surface area contributed by atoms with E-state index < -0.39 is 0 Å². The fourth-order valence-corrected chi connectivity index (χ4v) is 4.56. The zero-order valence-corrected chi connectivity index (χ0v) is 17.9. The van der Waals surface area contributed by atoms with Gasteiger partial charge in [0, 0.05) is 24.5 Å². The van der Waals surface area contributed by atoms with Gasteiger partial charge in [0.25, 0.3) is 0 Å². The third kappa shape index (κ3) is 4.79. The van der Waals surface area contributed by atoms with Crippen LogP contribution in [0.25, 0.3) is 6.08 Å². The average molecular weight is 388 g/mol. The van der Waals surface area contributed by atoms with Crippen LogP contribution in [0.3, 0.4) is 0 Å². The Hall–Kier alpha value is -2.39. The molecule has 0 spiro atoms. The standard InChI is InChI=1S/C26H33N3/c1-26(2,3)27-17-18-29-25(21-13-8-5-9-14-21)23-16-10-15-22(24(23)28-29)19-20-11-6-4-7-12-20/h4-9,11-14,19,23,25,27H,10,15-18H2,1-3H3/b22-19-. The van der Waals surface area contributed by atoms with Gasteiger partial charge in [0.05, 0.1) is 11.8 Å². The van der Waals surface area contributed by atoms with Crippen LogP contribution in [0.4, 0.5) is 0 Å². The molecule has 0 aromatic heterocycles. The molecular formula is C26H33N3. The van der Waals surface area contributed by atoms with E-state index in [0.29, 0.717) is 12.0 Å². The van der Waals surface area contributed by atoms with Gasteiger partial charge in [-0.15, -0.1) is 0 Å². The van der Waals surface area contributed by atoms with Crippen molar-refractivity contribution >= 4 is 11.8 Å². The van der Waals surface area contributed by atoms with Crippen molar-refractivity contribution in [3.8, 4) is 0 Å². The summed E-state index contributed by atoms with van der Waals surface area (Å²) in [6, 6.07) is 22.0. The molecule has 1 fully saturated rings. The summed E-state index contributed by atoms with van der Waals surface area (Å²) in [5.41, 5.74) is 5.51. The van der Waals surface area contributed by atoms with Crippen molar-refractivity contribution < 1.29 is 0 Å². The Morgan fingerprint density at radius 2 is 1.72 bits per heavy atom. The molecule has 1 N–H and O–H groups in total. The number of hydrazone groups is 1. The van der Waals surface area contributed by atoms with Gasteiger partial charge in [-0.2, -0.15) is 5.10 Å². The molecule has 2 atom stereocenters. The van der Waals surface area contributed by atoms with E-state index in [9.17, 15) is 0 Å². The minimum Gasteiger partial charge on any atom is -0.310 e. The highest BCUT2D eigenvalue weighted by Crippen LogP contribution is 2.44. The van der Waals surface area contributed by atoms with Gasteiger partial charge in [0.15, 0.2) is 0 Å².